The van der Waals surface area contributed by atoms with Crippen LogP contribution in [0, 0.1) is 5.41 Å². The highest BCUT2D eigenvalue weighted by atomic mass is 32.1. The lowest BCUT2D eigenvalue weighted by molar-refractivity contribution is -0.151. The molecule has 1 aliphatic carbocycles. The molecule has 1 saturated carbocycles. The molecule has 1 aliphatic rings. The van der Waals surface area contributed by atoms with Gasteiger partial charge in [0.15, 0.2) is 5.78 Å². The average molecular weight is 280 g/mol. The van der Waals surface area contributed by atoms with E-state index in [9.17, 15) is 4.79 Å². The Labute approximate surface area is 120 Å². The number of carbonyl (C=O) groups excluding carboxylic acids is 1. The van der Waals surface area contributed by atoms with Gasteiger partial charge < -0.3 is 4.74 Å². The predicted molar refractivity (Wildman–Crippen MR) is 79.6 cm³/mol. The van der Waals surface area contributed by atoms with Gasteiger partial charge in [0.25, 0.3) is 0 Å². The molecule has 0 saturated heterocycles. The first-order valence-electron chi connectivity index (χ1n) is 7.17. The third-order valence-corrected chi connectivity index (χ3v) is 5.13. The Morgan fingerprint density at radius 3 is 2.53 bits per heavy atom. The topological polar surface area (TPSA) is 26.3 Å². The number of carbonyl (C=O) groups is 1. The van der Waals surface area contributed by atoms with E-state index in [1.807, 2.05) is 24.4 Å². The SMILES string of the molecule is CCOC1(C(=O)Cc2cccs2)CCC(C)(C)CC1. The van der Waals surface area contributed by atoms with Gasteiger partial charge in [0.05, 0.1) is 0 Å². The standard InChI is InChI=1S/C16H24O2S/c1-4-18-16(9-7-15(2,3)8-10-16)14(17)12-13-6-5-11-19-13/h5-6,11H,4,7-10,12H2,1-3H3. The Morgan fingerprint density at radius 2 is 2.00 bits per heavy atom. The molecule has 1 aromatic rings. The first-order valence-corrected chi connectivity index (χ1v) is 8.05. The van der Waals surface area contributed by atoms with Crippen LogP contribution in [0.2, 0.25) is 0 Å². The van der Waals surface area contributed by atoms with Crippen LogP contribution in [0.15, 0.2) is 17.5 Å². The van der Waals surface area contributed by atoms with Crippen LogP contribution >= 0.6 is 11.3 Å². The molecule has 1 aromatic heterocycles. The van der Waals surface area contributed by atoms with Gasteiger partial charge in [0.2, 0.25) is 0 Å². The first kappa shape index (κ1) is 14.7. The molecular formula is C16H24O2S. The molecule has 1 fully saturated rings. The van der Waals surface area contributed by atoms with Crippen molar-refractivity contribution in [3.05, 3.63) is 22.4 Å². The number of ether oxygens (including phenoxy) is 1. The van der Waals surface area contributed by atoms with Gasteiger partial charge in [0.1, 0.15) is 5.60 Å². The predicted octanol–water partition coefficient (Wildman–Crippen LogP) is 4.24. The van der Waals surface area contributed by atoms with Crippen LogP contribution in [0.1, 0.15) is 51.3 Å². The molecule has 2 nitrogen and oxygen atoms in total. The van der Waals surface area contributed by atoms with Crippen LogP contribution in [0.25, 0.3) is 0 Å². The summed E-state index contributed by atoms with van der Waals surface area (Å²) in [5.74, 6) is 0.271. The quantitative estimate of drug-likeness (QED) is 0.806. The van der Waals surface area contributed by atoms with Crippen molar-refractivity contribution in [2.24, 2.45) is 5.41 Å². The van der Waals surface area contributed by atoms with Gasteiger partial charge in [-0.2, -0.15) is 0 Å². The summed E-state index contributed by atoms with van der Waals surface area (Å²) in [6.45, 7) is 7.18. The van der Waals surface area contributed by atoms with Gasteiger partial charge in [0, 0.05) is 17.9 Å². The van der Waals surface area contributed by atoms with E-state index < -0.39 is 5.60 Å². The minimum Gasteiger partial charge on any atom is -0.367 e. The van der Waals surface area contributed by atoms with Crippen LogP contribution in [0.5, 0.6) is 0 Å². The summed E-state index contributed by atoms with van der Waals surface area (Å²) in [5, 5.41) is 2.03. The largest absolute Gasteiger partial charge is 0.367 e. The highest BCUT2D eigenvalue weighted by Crippen LogP contribution is 2.43. The maximum Gasteiger partial charge on any atom is 0.169 e. The lowest BCUT2D eigenvalue weighted by Crippen LogP contribution is -2.47. The van der Waals surface area contributed by atoms with Gasteiger partial charge in [-0.05, 0) is 49.5 Å². The van der Waals surface area contributed by atoms with Crippen molar-refractivity contribution in [3.63, 3.8) is 0 Å². The maximum absolute atomic E-state index is 12.7. The molecule has 1 heterocycles. The van der Waals surface area contributed by atoms with E-state index in [2.05, 4.69) is 13.8 Å². The normalized spacial score (nSPS) is 21.2. The van der Waals surface area contributed by atoms with E-state index in [0.717, 1.165) is 30.6 Å². The van der Waals surface area contributed by atoms with E-state index in [1.54, 1.807) is 11.3 Å². The molecular weight excluding hydrogens is 256 g/mol. The number of rotatable bonds is 5. The molecule has 0 unspecified atom stereocenters. The second-order valence-corrected chi connectivity index (χ2v) is 7.30. The minimum atomic E-state index is -0.520. The summed E-state index contributed by atoms with van der Waals surface area (Å²) in [6, 6.07) is 4.04. The Bertz CT molecular complexity index is 410. The van der Waals surface area contributed by atoms with E-state index in [1.165, 1.54) is 0 Å². The Morgan fingerprint density at radius 1 is 1.32 bits per heavy atom. The molecule has 3 heteroatoms. The molecule has 0 radical (unpaired) electrons. The Balaban J connectivity index is 2.09. The lowest BCUT2D eigenvalue weighted by atomic mass is 9.69. The third kappa shape index (κ3) is 3.46. The van der Waals surface area contributed by atoms with Crippen molar-refractivity contribution in [2.75, 3.05) is 6.61 Å². The minimum absolute atomic E-state index is 0.271. The molecule has 106 valence electrons. The van der Waals surface area contributed by atoms with Crippen LogP contribution in [0.3, 0.4) is 0 Å². The van der Waals surface area contributed by atoms with E-state index in [-0.39, 0.29) is 5.78 Å². The zero-order valence-corrected chi connectivity index (χ0v) is 13.0. The summed E-state index contributed by atoms with van der Waals surface area (Å²) in [5.41, 5.74) is -0.169. The summed E-state index contributed by atoms with van der Waals surface area (Å²) in [7, 11) is 0. The number of hydrogen-bond acceptors (Lipinski definition) is 3. The molecule has 0 amide bonds. The fourth-order valence-electron chi connectivity index (χ4n) is 2.84. The highest BCUT2D eigenvalue weighted by molar-refractivity contribution is 7.10. The Kier molecular flexibility index (Phi) is 4.46. The van der Waals surface area contributed by atoms with Crippen LogP contribution in [-0.4, -0.2) is 18.0 Å². The van der Waals surface area contributed by atoms with Crippen molar-refractivity contribution in [3.8, 4) is 0 Å². The fourth-order valence-corrected chi connectivity index (χ4v) is 3.55. The number of Topliss-reactive ketones (excluding diaryl/α,β-unsaturated/α-hetero) is 1. The van der Waals surface area contributed by atoms with E-state index >= 15 is 0 Å². The summed E-state index contributed by atoms with van der Waals surface area (Å²) < 4.78 is 5.93. The molecule has 0 atom stereocenters. The molecule has 0 spiro atoms. The van der Waals surface area contributed by atoms with Crippen molar-refractivity contribution in [1.82, 2.24) is 0 Å². The zero-order valence-electron chi connectivity index (χ0n) is 12.2. The molecule has 0 bridgehead atoms. The first-order chi connectivity index (χ1) is 8.97. The number of ketones is 1. The molecule has 0 aromatic carbocycles. The summed E-state index contributed by atoms with van der Waals surface area (Å²) >= 11 is 1.66. The van der Waals surface area contributed by atoms with Crippen molar-refractivity contribution < 1.29 is 9.53 Å². The fraction of sp³-hybridized carbons (Fsp3) is 0.688. The monoisotopic (exact) mass is 280 g/mol. The van der Waals surface area contributed by atoms with E-state index in [0.29, 0.717) is 18.4 Å². The molecule has 0 N–H and O–H groups in total. The summed E-state index contributed by atoms with van der Waals surface area (Å²) in [4.78, 5) is 13.8. The summed E-state index contributed by atoms with van der Waals surface area (Å²) in [6.07, 6.45) is 4.42. The van der Waals surface area contributed by atoms with Crippen LogP contribution in [0.4, 0.5) is 0 Å². The van der Waals surface area contributed by atoms with Crippen LogP contribution in [-0.2, 0) is 16.0 Å². The lowest BCUT2D eigenvalue weighted by Gasteiger charge is -2.42. The van der Waals surface area contributed by atoms with Crippen molar-refractivity contribution in [1.29, 1.82) is 0 Å². The van der Waals surface area contributed by atoms with Gasteiger partial charge in [-0.25, -0.2) is 0 Å². The molecule has 2 rings (SSSR count). The smallest absolute Gasteiger partial charge is 0.169 e. The van der Waals surface area contributed by atoms with Crippen molar-refractivity contribution >= 4 is 17.1 Å². The van der Waals surface area contributed by atoms with Crippen molar-refractivity contribution in [2.45, 2.75) is 58.5 Å². The second-order valence-electron chi connectivity index (χ2n) is 6.27. The third-order valence-electron chi connectivity index (χ3n) is 4.25. The van der Waals surface area contributed by atoms with Gasteiger partial charge >= 0.3 is 0 Å². The van der Waals surface area contributed by atoms with Gasteiger partial charge in [-0.1, -0.05) is 19.9 Å². The zero-order chi connectivity index (χ0) is 13.9. The van der Waals surface area contributed by atoms with Crippen LogP contribution < -0.4 is 0 Å². The number of hydrogen-bond donors (Lipinski definition) is 0. The maximum atomic E-state index is 12.7. The second kappa shape index (κ2) is 5.76. The van der Waals surface area contributed by atoms with Gasteiger partial charge in [-0.3, -0.25) is 4.79 Å². The van der Waals surface area contributed by atoms with E-state index in [4.69, 9.17) is 4.74 Å². The Hall–Kier alpha value is -0.670. The molecule has 19 heavy (non-hydrogen) atoms. The molecule has 0 aliphatic heterocycles. The average Bonchev–Trinajstić information content (AvgIpc) is 2.85. The highest BCUT2D eigenvalue weighted by Gasteiger charge is 2.44. The van der Waals surface area contributed by atoms with Gasteiger partial charge in [-0.15, -0.1) is 11.3 Å². The number of thiophene rings is 1.